The van der Waals surface area contributed by atoms with Crippen LogP contribution < -0.4 is 9.47 Å². The second-order valence-electron chi connectivity index (χ2n) is 8.36. The van der Waals surface area contributed by atoms with Crippen molar-refractivity contribution in [2.45, 2.75) is 44.1 Å². The average molecular weight is 477 g/mol. The predicted molar refractivity (Wildman–Crippen MR) is 124 cm³/mol. The van der Waals surface area contributed by atoms with Crippen molar-refractivity contribution in [1.82, 2.24) is 30.0 Å². The first-order chi connectivity index (χ1) is 16.1. The van der Waals surface area contributed by atoms with Gasteiger partial charge in [-0.25, -0.2) is 4.68 Å². The Kier molecular flexibility index (Phi) is 8.05. The van der Waals surface area contributed by atoms with E-state index in [0.29, 0.717) is 30.5 Å². The average Bonchev–Trinajstić information content (AvgIpc) is 3.51. The van der Waals surface area contributed by atoms with E-state index < -0.39 is 0 Å². The molecule has 2 saturated heterocycles. The highest BCUT2D eigenvalue weighted by molar-refractivity contribution is 7.99. The van der Waals surface area contributed by atoms with Crippen LogP contribution in [0, 0.1) is 6.92 Å². The van der Waals surface area contributed by atoms with E-state index in [-0.39, 0.29) is 12.0 Å². The van der Waals surface area contributed by atoms with Gasteiger partial charge in [0, 0.05) is 39.3 Å². The molecule has 3 heterocycles. The molecule has 2 fully saturated rings. The minimum Gasteiger partial charge on any atom is -0.493 e. The van der Waals surface area contributed by atoms with Gasteiger partial charge in [0.2, 0.25) is 11.1 Å². The lowest BCUT2D eigenvalue weighted by Gasteiger charge is -2.35. The number of aromatic nitrogens is 4. The summed E-state index contributed by atoms with van der Waals surface area (Å²) in [6.07, 6.45) is 2.26. The molecule has 2 aromatic rings. The minimum absolute atomic E-state index is 0.119. The van der Waals surface area contributed by atoms with Gasteiger partial charge in [0.25, 0.3) is 0 Å². The van der Waals surface area contributed by atoms with Crippen molar-refractivity contribution >= 4 is 17.7 Å². The van der Waals surface area contributed by atoms with Crippen LogP contribution in [0.2, 0.25) is 0 Å². The van der Waals surface area contributed by atoms with Crippen LogP contribution in [0.5, 0.6) is 11.5 Å². The monoisotopic (exact) mass is 476 g/mol. The molecule has 1 aromatic carbocycles. The summed E-state index contributed by atoms with van der Waals surface area (Å²) >= 11 is 1.39. The smallest absolute Gasteiger partial charge is 0.233 e. The summed E-state index contributed by atoms with van der Waals surface area (Å²) in [6, 6.07) is 4.06. The molecule has 1 unspecified atom stereocenters. The summed E-state index contributed by atoms with van der Waals surface area (Å²) in [6.45, 7) is 7.44. The van der Waals surface area contributed by atoms with E-state index >= 15 is 0 Å². The van der Waals surface area contributed by atoms with Crippen LogP contribution in [-0.4, -0.2) is 94.8 Å². The second-order valence-corrected chi connectivity index (χ2v) is 9.30. The minimum atomic E-state index is 0.119. The number of ether oxygens (including phenoxy) is 3. The molecule has 10 nitrogen and oxygen atoms in total. The maximum Gasteiger partial charge on any atom is 0.233 e. The third-order valence-corrected chi connectivity index (χ3v) is 7.13. The SMILES string of the molecule is COc1cc(C)c(CN2CCN(C(=O)CSc3nnnn3CC3CCCO3)CC2)cc1OC. The molecule has 33 heavy (non-hydrogen) atoms. The number of tetrazole rings is 1. The normalized spacial score (nSPS) is 19.1. The summed E-state index contributed by atoms with van der Waals surface area (Å²) < 4.78 is 18.3. The zero-order valence-corrected chi connectivity index (χ0v) is 20.3. The number of aryl methyl sites for hydroxylation is 1. The first kappa shape index (κ1) is 23.8. The Labute approximate surface area is 198 Å². The van der Waals surface area contributed by atoms with Crippen molar-refractivity contribution in [2.75, 3.05) is 52.8 Å². The molecule has 2 aliphatic heterocycles. The summed E-state index contributed by atoms with van der Waals surface area (Å²) in [4.78, 5) is 17.1. The number of hydrogen-bond acceptors (Lipinski definition) is 9. The molecule has 0 spiro atoms. The van der Waals surface area contributed by atoms with Crippen molar-refractivity contribution < 1.29 is 19.0 Å². The lowest BCUT2D eigenvalue weighted by atomic mass is 10.1. The Morgan fingerprint density at radius 2 is 1.94 bits per heavy atom. The van der Waals surface area contributed by atoms with Gasteiger partial charge in [0.15, 0.2) is 11.5 Å². The van der Waals surface area contributed by atoms with Crippen molar-refractivity contribution in [1.29, 1.82) is 0 Å². The number of thioether (sulfide) groups is 1. The first-order valence-electron chi connectivity index (χ1n) is 11.3. The molecule has 11 heteroatoms. The summed E-state index contributed by atoms with van der Waals surface area (Å²) in [5.41, 5.74) is 2.38. The fourth-order valence-electron chi connectivity index (χ4n) is 4.20. The Morgan fingerprint density at radius 3 is 2.64 bits per heavy atom. The topological polar surface area (TPSA) is 94.8 Å². The molecule has 0 N–H and O–H groups in total. The van der Waals surface area contributed by atoms with Gasteiger partial charge in [-0.3, -0.25) is 9.69 Å². The van der Waals surface area contributed by atoms with E-state index in [2.05, 4.69) is 27.3 Å². The van der Waals surface area contributed by atoms with E-state index in [0.717, 1.165) is 50.6 Å². The van der Waals surface area contributed by atoms with Crippen LogP contribution in [0.15, 0.2) is 17.3 Å². The van der Waals surface area contributed by atoms with Crippen molar-refractivity contribution in [2.24, 2.45) is 0 Å². The van der Waals surface area contributed by atoms with Gasteiger partial charge in [0.1, 0.15) is 0 Å². The highest BCUT2D eigenvalue weighted by Gasteiger charge is 2.24. The highest BCUT2D eigenvalue weighted by Crippen LogP contribution is 2.31. The van der Waals surface area contributed by atoms with Crippen LogP contribution in [0.3, 0.4) is 0 Å². The second kappa shape index (κ2) is 11.2. The van der Waals surface area contributed by atoms with E-state index in [1.807, 2.05) is 17.0 Å². The standard InChI is InChI=1S/C22H32N6O4S/c1-16-11-19(30-2)20(31-3)12-17(16)13-26-6-8-27(9-7-26)21(29)15-33-22-23-24-25-28(22)14-18-5-4-10-32-18/h11-12,18H,4-10,13-15H2,1-3H3. The lowest BCUT2D eigenvalue weighted by molar-refractivity contribution is -0.130. The zero-order chi connectivity index (χ0) is 23.2. The van der Waals surface area contributed by atoms with Gasteiger partial charge in [-0.2, -0.15) is 0 Å². The van der Waals surface area contributed by atoms with Gasteiger partial charge < -0.3 is 19.1 Å². The molecule has 2 aliphatic rings. The summed E-state index contributed by atoms with van der Waals surface area (Å²) in [5.74, 6) is 1.94. The Balaban J connectivity index is 1.25. The number of piperazine rings is 1. The molecule has 180 valence electrons. The van der Waals surface area contributed by atoms with E-state index in [1.54, 1.807) is 18.9 Å². The molecule has 0 bridgehead atoms. The third kappa shape index (κ3) is 5.96. The van der Waals surface area contributed by atoms with Crippen molar-refractivity contribution in [3.8, 4) is 11.5 Å². The number of carbonyl (C=O) groups is 1. The first-order valence-corrected chi connectivity index (χ1v) is 12.3. The summed E-state index contributed by atoms with van der Waals surface area (Å²) in [5, 5.41) is 12.6. The van der Waals surface area contributed by atoms with Gasteiger partial charge in [0.05, 0.1) is 32.6 Å². The lowest BCUT2D eigenvalue weighted by Crippen LogP contribution is -2.48. The van der Waals surface area contributed by atoms with Crippen LogP contribution >= 0.6 is 11.8 Å². The maximum atomic E-state index is 12.8. The van der Waals surface area contributed by atoms with Gasteiger partial charge in [-0.05, 0) is 53.5 Å². The molecule has 0 aliphatic carbocycles. The largest absolute Gasteiger partial charge is 0.493 e. The number of amides is 1. The number of rotatable bonds is 9. The predicted octanol–water partition coefficient (Wildman–Crippen LogP) is 1.61. The van der Waals surface area contributed by atoms with Crippen molar-refractivity contribution in [3.63, 3.8) is 0 Å². The van der Waals surface area contributed by atoms with Crippen LogP contribution in [0.4, 0.5) is 0 Å². The molecule has 1 aromatic heterocycles. The number of benzene rings is 1. The van der Waals surface area contributed by atoms with Crippen LogP contribution in [0.25, 0.3) is 0 Å². The van der Waals surface area contributed by atoms with Gasteiger partial charge in [-0.1, -0.05) is 11.8 Å². The van der Waals surface area contributed by atoms with Gasteiger partial charge in [-0.15, -0.1) is 5.10 Å². The quantitative estimate of drug-likeness (QED) is 0.500. The number of nitrogens with zero attached hydrogens (tertiary/aromatic N) is 6. The Hall–Kier alpha value is -2.37. The van der Waals surface area contributed by atoms with Crippen LogP contribution in [0.1, 0.15) is 24.0 Å². The fourth-order valence-corrected chi connectivity index (χ4v) is 4.99. The molecule has 0 radical (unpaired) electrons. The van der Waals surface area contributed by atoms with E-state index in [4.69, 9.17) is 14.2 Å². The zero-order valence-electron chi connectivity index (χ0n) is 19.5. The molecular weight excluding hydrogens is 444 g/mol. The van der Waals surface area contributed by atoms with E-state index in [1.165, 1.54) is 22.9 Å². The molecule has 1 amide bonds. The fraction of sp³-hybridized carbons (Fsp3) is 0.636. The van der Waals surface area contributed by atoms with Crippen molar-refractivity contribution in [3.05, 3.63) is 23.3 Å². The maximum absolute atomic E-state index is 12.8. The molecular formula is C22H32N6O4S. The summed E-state index contributed by atoms with van der Waals surface area (Å²) in [7, 11) is 3.30. The molecule has 4 rings (SSSR count). The number of methoxy groups -OCH3 is 2. The Morgan fingerprint density at radius 1 is 1.18 bits per heavy atom. The van der Waals surface area contributed by atoms with Crippen LogP contribution in [-0.2, 0) is 22.6 Å². The van der Waals surface area contributed by atoms with Gasteiger partial charge >= 0.3 is 0 Å². The number of hydrogen-bond donors (Lipinski definition) is 0. The molecule has 1 atom stereocenters. The highest BCUT2D eigenvalue weighted by atomic mass is 32.2. The Bertz CT molecular complexity index is 941. The number of carbonyl (C=O) groups excluding carboxylic acids is 1. The molecule has 0 saturated carbocycles. The third-order valence-electron chi connectivity index (χ3n) is 6.19. The van der Waals surface area contributed by atoms with E-state index in [9.17, 15) is 4.79 Å².